The van der Waals surface area contributed by atoms with E-state index in [0.717, 1.165) is 25.9 Å². The van der Waals surface area contributed by atoms with E-state index in [0.29, 0.717) is 18.6 Å². The molecule has 3 atom stereocenters. The molecule has 4 nitrogen and oxygen atoms in total. The second-order valence-corrected chi connectivity index (χ2v) is 6.15. The van der Waals surface area contributed by atoms with Gasteiger partial charge in [-0.2, -0.15) is 0 Å². The van der Waals surface area contributed by atoms with E-state index in [-0.39, 0.29) is 11.9 Å². The van der Waals surface area contributed by atoms with Gasteiger partial charge < -0.3 is 10.6 Å². The number of carbonyl (C=O) groups excluding carboxylic acids is 1. The van der Waals surface area contributed by atoms with Crippen molar-refractivity contribution in [1.29, 1.82) is 0 Å². The molecule has 1 aliphatic rings. The van der Waals surface area contributed by atoms with Crippen LogP contribution in [-0.2, 0) is 4.79 Å². The molecule has 0 radical (unpaired) electrons. The lowest BCUT2D eigenvalue weighted by atomic mass is 9.96. The highest BCUT2D eigenvalue weighted by Gasteiger charge is 2.28. The zero-order valence-electron chi connectivity index (χ0n) is 13.7. The van der Waals surface area contributed by atoms with Crippen LogP contribution in [0.2, 0.25) is 0 Å². The van der Waals surface area contributed by atoms with Crippen LogP contribution >= 0.6 is 0 Å². The molecule has 1 amide bonds. The number of hydrogen-bond donors (Lipinski definition) is 2. The Labute approximate surface area is 124 Å². The van der Waals surface area contributed by atoms with Crippen LogP contribution in [0, 0.1) is 0 Å². The highest BCUT2D eigenvalue weighted by atomic mass is 16.2. The smallest absolute Gasteiger partial charge is 0.234 e. The first-order chi connectivity index (χ1) is 9.58. The van der Waals surface area contributed by atoms with E-state index in [1.54, 1.807) is 0 Å². The van der Waals surface area contributed by atoms with Gasteiger partial charge in [0.2, 0.25) is 5.91 Å². The first-order valence-electron chi connectivity index (χ1n) is 8.35. The van der Waals surface area contributed by atoms with E-state index in [4.69, 9.17) is 0 Å². The molecule has 4 heteroatoms. The minimum absolute atomic E-state index is 0.175. The van der Waals surface area contributed by atoms with Gasteiger partial charge in [-0.3, -0.25) is 9.69 Å². The fourth-order valence-corrected chi connectivity index (χ4v) is 2.89. The molecule has 1 rings (SSSR count). The summed E-state index contributed by atoms with van der Waals surface area (Å²) in [7, 11) is 0. The lowest BCUT2D eigenvalue weighted by Crippen LogP contribution is -2.54. The van der Waals surface area contributed by atoms with E-state index >= 15 is 0 Å². The van der Waals surface area contributed by atoms with Crippen LogP contribution in [0.1, 0.15) is 59.8 Å². The van der Waals surface area contributed by atoms with Gasteiger partial charge in [-0.1, -0.05) is 20.3 Å². The van der Waals surface area contributed by atoms with Crippen molar-refractivity contribution in [1.82, 2.24) is 15.5 Å². The molecule has 0 aromatic heterocycles. The van der Waals surface area contributed by atoms with Crippen LogP contribution in [0.15, 0.2) is 0 Å². The van der Waals surface area contributed by atoms with E-state index in [9.17, 15) is 4.79 Å². The Balaban J connectivity index is 2.48. The van der Waals surface area contributed by atoms with Crippen molar-refractivity contribution >= 4 is 5.91 Å². The Morgan fingerprint density at radius 2 is 2.05 bits per heavy atom. The molecule has 1 aliphatic heterocycles. The van der Waals surface area contributed by atoms with E-state index < -0.39 is 0 Å². The Kier molecular flexibility index (Phi) is 8.15. The largest absolute Gasteiger partial charge is 0.353 e. The number of nitrogens with zero attached hydrogens (tertiary/aromatic N) is 1. The van der Waals surface area contributed by atoms with Crippen molar-refractivity contribution in [3.05, 3.63) is 0 Å². The van der Waals surface area contributed by atoms with Crippen molar-refractivity contribution in [2.24, 2.45) is 0 Å². The number of hydrogen-bond acceptors (Lipinski definition) is 3. The minimum Gasteiger partial charge on any atom is -0.353 e. The number of likely N-dealkylation sites (tertiary alicyclic amines) is 1. The highest BCUT2D eigenvalue weighted by Crippen LogP contribution is 2.19. The van der Waals surface area contributed by atoms with Gasteiger partial charge in [0.15, 0.2) is 0 Å². The van der Waals surface area contributed by atoms with Gasteiger partial charge in [-0.05, 0) is 52.6 Å². The average Bonchev–Trinajstić information content (AvgIpc) is 2.45. The van der Waals surface area contributed by atoms with Gasteiger partial charge in [0, 0.05) is 18.1 Å². The lowest BCUT2D eigenvalue weighted by molar-refractivity contribution is -0.124. The van der Waals surface area contributed by atoms with Crippen LogP contribution in [-0.4, -0.2) is 48.6 Å². The van der Waals surface area contributed by atoms with Gasteiger partial charge >= 0.3 is 0 Å². The van der Waals surface area contributed by atoms with Crippen molar-refractivity contribution in [2.75, 3.05) is 19.6 Å². The number of carbonyl (C=O) groups is 1. The summed E-state index contributed by atoms with van der Waals surface area (Å²) in [6.45, 7) is 11.3. The molecular weight excluding hydrogens is 250 g/mol. The third-order valence-electron chi connectivity index (χ3n) is 4.32. The molecule has 0 spiro atoms. The summed E-state index contributed by atoms with van der Waals surface area (Å²) >= 11 is 0. The van der Waals surface area contributed by atoms with E-state index in [2.05, 4.69) is 43.2 Å². The monoisotopic (exact) mass is 283 g/mol. The van der Waals surface area contributed by atoms with Crippen LogP contribution in [0.25, 0.3) is 0 Å². The Morgan fingerprint density at radius 1 is 1.30 bits per heavy atom. The lowest BCUT2D eigenvalue weighted by Gasteiger charge is -2.39. The first-order valence-corrected chi connectivity index (χ1v) is 8.35. The van der Waals surface area contributed by atoms with Gasteiger partial charge in [0.1, 0.15) is 0 Å². The Morgan fingerprint density at radius 3 is 2.70 bits per heavy atom. The van der Waals surface area contributed by atoms with Crippen LogP contribution < -0.4 is 10.6 Å². The molecule has 1 fully saturated rings. The van der Waals surface area contributed by atoms with Gasteiger partial charge in [-0.15, -0.1) is 0 Å². The topological polar surface area (TPSA) is 44.4 Å². The van der Waals surface area contributed by atoms with E-state index in [1.807, 2.05) is 0 Å². The molecule has 0 aromatic rings. The molecule has 2 N–H and O–H groups in total. The van der Waals surface area contributed by atoms with Crippen molar-refractivity contribution in [2.45, 2.75) is 77.9 Å². The van der Waals surface area contributed by atoms with Crippen LogP contribution in [0.4, 0.5) is 0 Å². The second-order valence-electron chi connectivity index (χ2n) is 6.15. The molecule has 0 saturated carbocycles. The van der Waals surface area contributed by atoms with Gasteiger partial charge in [0.05, 0.1) is 6.54 Å². The fraction of sp³-hybridized carbons (Fsp3) is 0.938. The molecule has 20 heavy (non-hydrogen) atoms. The highest BCUT2D eigenvalue weighted by molar-refractivity contribution is 5.78. The number of nitrogens with one attached hydrogen (secondary N) is 2. The maximum atomic E-state index is 12.1. The summed E-state index contributed by atoms with van der Waals surface area (Å²) in [4.78, 5) is 14.5. The second kappa shape index (κ2) is 9.35. The number of amides is 1. The Bertz CT molecular complexity index is 283. The summed E-state index contributed by atoms with van der Waals surface area (Å²) in [5, 5.41) is 6.66. The summed E-state index contributed by atoms with van der Waals surface area (Å²) in [6, 6.07) is 1.24. The molecule has 118 valence electrons. The minimum atomic E-state index is 0.175. The average molecular weight is 283 g/mol. The maximum absolute atomic E-state index is 12.1. The Hall–Kier alpha value is -0.610. The van der Waals surface area contributed by atoms with E-state index in [1.165, 1.54) is 19.3 Å². The summed E-state index contributed by atoms with van der Waals surface area (Å²) in [6.07, 6.45) is 5.85. The van der Waals surface area contributed by atoms with Gasteiger partial charge in [-0.25, -0.2) is 0 Å². The SMILES string of the molecule is CCCNC(C)C1CCCCN1CC(=O)NC(C)CC. The number of rotatable bonds is 8. The maximum Gasteiger partial charge on any atom is 0.234 e. The first kappa shape index (κ1) is 17.4. The van der Waals surface area contributed by atoms with Gasteiger partial charge in [0.25, 0.3) is 0 Å². The quantitative estimate of drug-likeness (QED) is 0.717. The van der Waals surface area contributed by atoms with Crippen molar-refractivity contribution in [3.63, 3.8) is 0 Å². The van der Waals surface area contributed by atoms with Crippen LogP contribution in [0.5, 0.6) is 0 Å². The summed E-state index contributed by atoms with van der Waals surface area (Å²) < 4.78 is 0. The molecule has 1 heterocycles. The molecular formula is C16H33N3O. The third-order valence-corrected chi connectivity index (χ3v) is 4.32. The molecule has 0 bridgehead atoms. The zero-order chi connectivity index (χ0) is 15.0. The standard InChI is InChI=1S/C16H33N3O/c1-5-10-17-14(4)15-9-7-8-11-19(15)12-16(20)18-13(3)6-2/h13-15,17H,5-12H2,1-4H3,(H,18,20). The normalized spacial score (nSPS) is 23.3. The van der Waals surface area contributed by atoms with Crippen molar-refractivity contribution in [3.8, 4) is 0 Å². The predicted molar refractivity (Wildman–Crippen MR) is 84.9 cm³/mol. The molecule has 0 aliphatic carbocycles. The van der Waals surface area contributed by atoms with Crippen molar-refractivity contribution < 1.29 is 4.79 Å². The zero-order valence-corrected chi connectivity index (χ0v) is 13.7. The predicted octanol–water partition coefficient (Wildman–Crippen LogP) is 2.14. The summed E-state index contributed by atoms with van der Waals surface area (Å²) in [5.41, 5.74) is 0. The number of piperidine rings is 1. The molecule has 0 aromatic carbocycles. The van der Waals surface area contributed by atoms with Crippen LogP contribution in [0.3, 0.4) is 0 Å². The third kappa shape index (κ3) is 5.80. The molecule has 3 unspecified atom stereocenters. The fourth-order valence-electron chi connectivity index (χ4n) is 2.89. The molecule has 1 saturated heterocycles. The summed E-state index contributed by atoms with van der Waals surface area (Å²) in [5.74, 6) is 0.175.